The van der Waals surface area contributed by atoms with Gasteiger partial charge in [-0.3, -0.25) is 0 Å². The molecule has 5 heteroatoms. The zero-order valence-electron chi connectivity index (χ0n) is 29.0. The number of benzene rings is 8. The lowest BCUT2D eigenvalue weighted by atomic mass is 9.98. The third-order valence-corrected chi connectivity index (χ3v) is 10.5. The molecule has 11 rings (SSSR count). The van der Waals surface area contributed by atoms with E-state index in [1.165, 1.54) is 10.8 Å². The van der Waals surface area contributed by atoms with Crippen molar-refractivity contribution in [2.75, 3.05) is 0 Å². The van der Waals surface area contributed by atoms with Gasteiger partial charge in [-0.1, -0.05) is 140 Å². The Bertz CT molecular complexity index is 3150. The number of rotatable bonds is 5. The summed E-state index contributed by atoms with van der Waals surface area (Å²) in [5, 5.41) is 6.50. The van der Waals surface area contributed by atoms with Crippen LogP contribution in [0.25, 0.3) is 105 Å². The van der Waals surface area contributed by atoms with Crippen LogP contribution in [0.5, 0.6) is 0 Å². The maximum Gasteiger partial charge on any atom is 0.164 e. The fraction of sp³-hybridized carbons (Fsp3) is 0. The monoisotopic (exact) mass is 690 g/mol. The van der Waals surface area contributed by atoms with E-state index in [4.69, 9.17) is 19.4 Å². The molecule has 0 N–H and O–H groups in total. The first-order valence-corrected chi connectivity index (χ1v) is 18.1. The maximum atomic E-state index is 6.60. The highest BCUT2D eigenvalue weighted by atomic mass is 16.3. The molecule has 0 atom stereocenters. The number of aromatic nitrogens is 4. The molecule has 252 valence electrons. The summed E-state index contributed by atoms with van der Waals surface area (Å²) in [6.07, 6.45) is 0. The van der Waals surface area contributed by atoms with Crippen molar-refractivity contribution in [3.05, 3.63) is 182 Å². The number of fused-ring (bicyclic) bond motifs is 8. The van der Waals surface area contributed by atoms with Gasteiger partial charge in [-0.2, -0.15) is 0 Å². The van der Waals surface area contributed by atoms with Crippen LogP contribution in [0.3, 0.4) is 0 Å². The Morgan fingerprint density at radius 2 is 0.870 bits per heavy atom. The van der Waals surface area contributed by atoms with Gasteiger partial charge in [0.25, 0.3) is 0 Å². The topological polar surface area (TPSA) is 56.7 Å². The van der Waals surface area contributed by atoms with E-state index < -0.39 is 0 Å². The van der Waals surface area contributed by atoms with Gasteiger partial charge in [-0.15, -0.1) is 0 Å². The largest absolute Gasteiger partial charge is 0.455 e. The van der Waals surface area contributed by atoms with E-state index in [0.717, 1.165) is 77.2 Å². The molecule has 0 saturated heterocycles. The van der Waals surface area contributed by atoms with Crippen LogP contribution in [0.4, 0.5) is 0 Å². The zero-order valence-corrected chi connectivity index (χ0v) is 29.0. The van der Waals surface area contributed by atoms with E-state index in [1.54, 1.807) is 0 Å². The minimum Gasteiger partial charge on any atom is -0.455 e. The average molecular weight is 691 g/mol. The van der Waals surface area contributed by atoms with Gasteiger partial charge >= 0.3 is 0 Å². The fourth-order valence-corrected chi connectivity index (χ4v) is 7.89. The van der Waals surface area contributed by atoms with Gasteiger partial charge in [-0.25, -0.2) is 15.0 Å². The molecule has 0 fully saturated rings. The van der Waals surface area contributed by atoms with Crippen molar-refractivity contribution >= 4 is 54.5 Å². The van der Waals surface area contributed by atoms with E-state index in [9.17, 15) is 0 Å². The van der Waals surface area contributed by atoms with E-state index in [2.05, 4.69) is 138 Å². The first-order chi connectivity index (χ1) is 26.8. The van der Waals surface area contributed by atoms with Gasteiger partial charge in [0.05, 0.1) is 11.0 Å². The summed E-state index contributed by atoms with van der Waals surface area (Å²) in [6.45, 7) is 0. The molecule has 0 amide bonds. The van der Waals surface area contributed by atoms with Gasteiger partial charge in [-0.05, 0) is 59.0 Å². The summed E-state index contributed by atoms with van der Waals surface area (Å²) in [5.41, 5.74) is 10.1. The molecule has 0 saturated carbocycles. The summed E-state index contributed by atoms with van der Waals surface area (Å²) in [5.74, 6) is 1.83. The highest BCUT2D eigenvalue weighted by Crippen LogP contribution is 2.41. The van der Waals surface area contributed by atoms with Crippen molar-refractivity contribution in [1.82, 2.24) is 19.5 Å². The standard InChI is InChI=1S/C49H30N4O/c1-3-13-31(14-4-1)32-23-25-34(26-24-32)48-50-47(33-15-5-2-6-16-33)51-49(52-48)42-30-41-38-19-9-12-22-45(38)54-46(41)39-28-27-35(29-40(39)42)53-43-20-10-7-17-36(43)37-18-8-11-21-44(37)53/h1-30H. The van der Waals surface area contributed by atoms with Gasteiger partial charge < -0.3 is 8.98 Å². The third-order valence-electron chi connectivity index (χ3n) is 10.5. The molecule has 0 spiro atoms. The molecule has 5 nitrogen and oxygen atoms in total. The van der Waals surface area contributed by atoms with Crippen molar-refractivity contribution in [2.45, 2.75) is 0 Å². The Hall–Kier alpha value is -7.37. The lowest BCUT2D eigenvalue weighted by molar-refractivity contribution is 0.672. The lowest BCUT2D eigenvalue weighted by Gasteiger charge is -2.14. The molecular weight excluding hydrogens is 661 g/mol. The van der Waals surface area contributed by atoms with Gasteiger partial charge in [0, 0.05) is 49.3 Å². The highest BCUT2D eigenvalue weighted by molar-refractivity contribution is 6.19. The number of para-hydroxylation sites is 3. The molecule has 11 aromatic rings. The summed E-state index contributed by atoms with van der Waals surface area (Å²) < 4.78 is 8.95. The third kappa shape index (κ3) is 4.83. The lowest BCUT2D eigenvalue weighted by Crippen LogP contribution is -2.01. The highest BCUT2D eigenvalue weighted by Gasteiger charge is 2.21. The number of hydrogen-bond acceptors (Lipinski definition) is 4. The fourth-order valence-electron chi connectivity index (χ4n) is 7.89. The number of nitrogens with zero attached hydrogens (tertiary/aromatic N) is 4. The SMILES string of the molecule is c1ccc(-c2ccc(-c3nc(-c4ccccc4)nc(-c4cc5c6ccccc6oc5c5ccc(-n6c7ccccc7c7ccccc76)cc45)n3)cc2)cc1. The predicted molar refractivity (Wildman–Crippen MR) is 221 cm³/mol. The second-order valence-corrected chi connectivity index (χ2v) is 13.6. The van der Waals surface area contributed by atoms with Crippen LogP contribution in [-0.4, -0.2) is 19.5 Å². The van der Waals surface area contributed by atoms with Crippen molar-refractivity contribution in [2.24, 2.45) is 0 Å². The quantitative estimate of drug-likeness (QED) is 0.180. The van der Waals surface area contributed by atoms with Crippen molar-refractivity contribution < 1.29 is 4.42 Å². The molecule has 0 unspecified atom stereocenters. The second-order valence-electron chi connectivity index (χ2n) is 13.6. The molecule has 8 aromatic carbocycles. The molecular formula is C49H30N4O. The Morgan fingerprint density at radius 3 is 1.56 bits per heavy atom. The summed E-state index contributed by atoms with van der Waals surface area (Å²) >= 11 is 0. The van der Waals surface area contributed by atoms with Crippen molar-refractivity contribution in [3.8, 4) is 51.0 Å². The first kappa shape index (κ1) is 30.3. The van der Waals surface area contributed by atoms with Crippen LogP contribution in [0, 0.1) is 0 Å². The Kier molecular flexibility index (Phi) is 6.79. The van der Waals surface area contributed by atoms with E-state index >= 15 is 0 Å². The second kappa shape index (κ2) is 12.1. The van der Waals surface area contributed by atoms with Gasteiger partial charge in [0.2, 0.25) is 0 Å². The maximum absolute atomic E-state index is 6.60. The smallest absolute Gasteiger partial charge is 0.164 e. The molecule has 54 heavy (non-hydrogen) atoms. The van der Waals surface area contributed by atoms with Crippen LogP contribution in [0.15, 0.2) is 186 Å². The minimum absolute atomic E-state index is 0.600. The average Bonchev–Trinajstić information content (AvgIpc) is 3.80. The van der Waals surface area contributed by atoms with Crippen LogP contribution < -0.4 is 0 Å². The molecule has 0 radical (unpaired) electrons. The van der Waals surface area contributed by atoms with Crippen LogP contribution in [-0.2, 0) is 0 Å². The van der Waals surface area contributed by atoms with Crippen molar-refractivity contribution in [1.29, 1.82) is 0 Å². The summed E-state index contributed by atoms with van der Waals surface area (Å²) in [4.78, 5) is 15.5. The molecule has 3 heterocycles. The summed E-state index contributed by atoms with van der Waals surface area (Å²) in [7, 11) is 0. The molecule has 0 bridgehead atoms. The Morgan fingerprint density at radius 1 is 0.352 bits per heavy atom. The van der Waals surface area contributed by atoms with Crippen LogP contribution in [0.1, 0.15) is 0 Å². The van der Waals surface area contributed by atoms with E-state index in [-0.39, 0.29) is 0 Å². The van der Waals surface area contributed by atoms with Crippen molar-refractivity contribution in [3.63, 3.8) is 0 Å². The molecule has 3 aromatic heterocycles. The first-order valence-electron chi connectivity index (χ1n) is 18.1. The van der Waals surface area contributed by atoms with E-state index in [1.807, 2.05) is 48.5 Å². The van der Waals surface area contributed by atoms with Gasteiger partial charge in [0.1, 0.15) is 11.2 Å². The molecule has 0 aliphatic rings. The number of hydrogen-bond donors (Lipinski definition) is 0. The minimum atomic E-state index is 0.600. The molecule has 0 aliphatic carbocycles. The van der Waals surface area contributed by atoms with Crippen LogP contribution >= 0.6 is 0 Å². The number of furan rings is 1. The predicted octanol–water partition coefficient (Wildman–Crippen LogP) is 12.7. The Labute approximate surface area is 310 Å². The Balaban J connectivity index is 1.19. The van der Waals surface area contributed by atoms with Crippen LogP contribution in [0.2, 0.25) is 0 Å². The zero-order chi connectivity index (χ0) is 35.6. The molecule has 0 aliphatic heterocycles. The van der Waals surface area contributed by atoms with E-state index in [0.29, 0.717) is 17.5 Å². The summed E-state index contributed by atoms with van der Waals surface area (Å²) in [6, 6.07) is 63.3. The normalized spacial score (nSPS) is 11.7. The van der Waals surface area contributed by atoms with Gasteiger partial charge in [0.15, 0.2) is 17.5 Å².